The van der Waals surface area contributed by atoms with Gasteiger partial charge in [-0.2, -0.15) is 0 Å². The maximum atomic E-state index is 13.2. The van der Waals surface area contributed by atoms with Gasteiger partial charge in [0.1, 0.15) is 5.76 Å². The Morgan fingerprint density at radius 3 is 2.71 bits per heavy atom. The van der Waals surface area contributed by atoms with Crippen LogP contribution in [0, 0.1) is 11.6 Å². The van der Waals surface area contributed by atoms with Crippen LogP contribution in [0.3, 0.4) is 0 Å². The minimum absolute atomic E-state index is 0.0801. The molecule has 0 unspecified atom stereocenters. The van der Waals surface area contributed by atoms with E-state index >= 15 is 0 Å². The number of ether oxygens (including phenoxy) is 1. The van der Waals surface area contributed by atoms with Gasteiger partial charge in [0.15, 0.2) is 11.6 Å². The molecule has 2 rings (SSSR count). The van der Waals surface area contributed by atoms with Crippen LogP contribution >= 0.6 is 0 Å². The SMILES string of the molecule is COCCN(Cc1ccco1)C(=O)c1ccc(F)c(F)c1. The molecule has 6 heteroatoms. The van der Waals surface area contributed by atoms with Crippen molar-refractivity contribution < 1.29 is 22.7 Å². The number of carbonyl (C=O) groups is 1. The molecule has 0 saturated heterocycles. The summed E-state index contributed by atoms with van der Waals surface area (Å²) in [6, 6.07) is 6.52. The second kappa shape index (κ2) is 6.99. The highest BCUT2D eigenvalue weighted by atomic mass is 19.2. The lowest BCUT2D eigenvalue weighted by molar-refractivity contribution is 0.0666. The zero-order valence-corrected chi connectivity index (χ0v) is 11.5. The third-order valence-electron chi connectivity index (χ3n) is 2.95. The van der Waals surface area contributed by atoms with E-state index in [2.05, 4.69) is 0 Å². The van der Waals surface area contributed by atoms with Crippen LogP contribution in [0.15, 0.2) is 41.0 Å². The van der Waals surface area contributed by atoms with Crippen LogP contribution in [0.2, 0.25) is 0 Å². The van der Waals surface area contributed by atoms with Crippen LogP contribution in [-0.2, 0) is 11.3 Å². The van der Waals surface area contributed by atoms with Gasteiger partial charge < -0.3 is 14.1 Å². The van der Waals surface area contributed by atoms with Gasteiger partial charge in [0.05, 0.1) is 19.4 Å². The Kier molecular flexibility index (Phi) is 5.05. The summed E-state index contributed by atoms with van der Waals surface area (Å²) < 4.78 is 36.3. The largest absolute Gasteiger partial charge is 0.467 e. The molecule has 0 N–H and O–H groups in total. The second-order valence-corrected chi connectivity index (χ2v) is 4.43. The molecule has 0 spiro atoms. The second-order valence-electron chi connectivity index (χ2n) is 4.43. The number of halogens is 2. The molecule has 0 aliphatic heterocycles. The summed E-state index contributed by atoms with van der Waals surface area (Å²) in [5, 5.41) is 0. The first-order valence-electron chi connectivity index (χ1n) is 6.37. The maximum Gasteiger partial charge on any atom is 0.254 e. The molecular formula is C15H15F2NO3. The van der Waals surface area contributed by atoms with Crippen molar-refractivity contribution in [3.63, 3.8) is 0 Å². The highest BCUT2D eigenvalue weighted by Crippen LogP contribution is 2.13. The molecule has 1 heterocycles. The number of hydrogen-bond acceptors (Lipinski definition) is 3. The average Bonchev–Trinajstić information content (AvgIpc) is 2.98. The number of hydrogen-bond donors (Lipinski definition) is 0. The van der Waals surface area contributed by atoms with Gasteiger partial charge in [-0.15, -0.1) is 0 Å². The van der Waals surface area contributed by atoms with Crippen molar-refractivity contribution in [2.75, 3.05) is 20.3 Å². The fraction of sp³-hybridized carbons (Fsp3) is 0.267. The van der Waals surface area contributed by atoms with Crippen LogP contribution in [0.1, 0.15) is 16.1 Å². The lowest BCUT2D eigenvalue weighted by Crippen LogP contribution is -2.33. The summed E-state index contributed by atoms with van der Waals surface area (Å²) in [5.41, 5.74) is 0.0801. The molecule has 1 amide bonds. The smallest absolute Gasteiger partial charge is 0.254 e. The lowest BCUT2D eigenvalue weighted by atomic mass is 10.2. The molecule has 0 fully saturated rings. The molecule has 1 aromatic heterocycles. The van der Waals surface area contributed by atoms with Crippen LogP contribution in [-0.4, -0.2) is 31.1 Å². The standard InChI is InChI=1S/C15H15F2NO3/c1-20-8-6-18(10-12-3-2-7-21-12)15(19)11-4-5-13(16)14(17)9-11/h2-5,7,9H,6,8,10H2,1H3. The van der Waals surface area contributed by atoms with Crippen molar-refractivity contribution in [3.05, 3.63) is 59.6 Å². The first-order chi connectivity index (χ1) is 10.1. The van der Waals surface area contributed by atoms with Crippen LogP contribution in [0.25, 0.3) is 0 Å². The molecule has 0 atom stereocenters. The van der Waals surface area contributed by atoms with Gasteiger partial charge in [-0.1, -0.05) is 0 Å². The molecule has 112 valence electrons. The molecule has 0 aliphatic rings. The van der Waals surface area contributed by atoms with E-state index in [1.54, 1.807) is 12.1 Å². The summed E-state index contributed by atoms with van der Waals surface area (Å²) in [6.07, 6.45) is 1.51. The summed E-state index contributed by atoms with van der Waals surface area (Å²) in [6.45, 7) is 0.874. The molecule has 0 saturated carbocycles. The fourth-order valence-electron chi connectivity index (χ4n) is 1.86. The summed E-state index contributed by atoms with van der Waals surface area (Å²) in [4.78, 5) is 13.8. The van der Waals surface area contributed by atoms with Crippen LogP contribution in [0.4, 0.5) is 8.78 Å². The number of benzene rings is 1. The van der Waals surface area contributed by atoms with Crippen molar-refractivity contribution in [2.45, 2.75) is 6.54 Å². The molecular weight excluding hydrogens is 280 g/mol. The molecule has 0 radical (unpaired) electrons. The Labute approximate surface area is 120 Å². The highest BCUT2D eigenvalue weighted by Gasteiger charge is 2.18. The van der Waals surface area contributed by atoms with Crippen molar-refractivity contribution in [1.82, 2.24) is 4.90 Å². The number of carbonyl (C=O) groups excluding carboxylic acids is 1. The number of amides is 1. The number of methoxy groups -OCH3 is 1. The highest BCUT2D eigenvalue weighted by molar-refractivity contribution is 5.94. The lowest BCUT2D eigenvalue weighted by Gasteiger charge is -2.21. The Morgan fingerprint density at radius 2 is 2.10 bits per heavy atom. The third-order valence-corrected chi connectivity index (χ3v) is 2.95. The van der Waals surface area contributed by atoms with E-state index in [0.29, 0.717) is 18.9 Å². The minimum atomic E-state index is -1.05. The van der Waals surface area contributed by atoms with E-state index in [1.807, 2.05) is 0 Å². The Balaban J connectivity index is 2.18. The summed E-state index contributed by atoms with van der Waals surface area (Å²) >= 11 is 0. The Hall–Kier alpha value is -2.21. The van der Waals surface area contributed by atoms with E-state index in [4.69, 9.17) is 9.15 Å². The fourth-order valence-corrected chi connectivity index (χ4v) is 1.86. The Morgan fingerprint density at radius 1 is 1.29 bits per heavy atom. The van der Waals surface area contributed by atoms with E-state index in [-0.39, 0.29) is 12.1 Å². The summed E-state index contributed by atoms with van der Waals surface area (Å²) in [7, 11) is 1.52. The Bertz CT molecular complexity index is 599. The van der Waals surface area contributed by atoms with Gasteiger partial charge in [-0.3, -0.25) is 4.79 Å². The molecule has 0 bridgehead atoms. The van der Waals surface area contributed by atoms with Gasteiger partial charge in [0.2, 0.25) is 0 Å². The van der Waals surface area contributed by atoms with Gasteiger partial charge in [0.25, 0.3) is 5.91 Å². The zero-order valence-electron chi connectivity index (χ0n) is 11.5. The van der Waals surface area contributed by atoms with Gasteiger partial charge in [-0.05, 0) is 30.3 Å². The third kappa shape index (κ3) is 3.88. The summed E-state index contributed by atoms with van der Waals surface area (Å²) in [5.74, 6) is -1.85. The topological polar surface area (TPSA) is 42.7 Å². The molecule has 0 aliphatic carbocycles. The van der Waals surface area contributed by atoms with Crippen LogP contribution in [0.5, 0.6) is 0 Å². The normalized spacial score (nSPS) is 10.6. The zero-order chi connectivity index (χ0) is 15.2. The predicted molar refractivity (Wildman–Crippen MR) is 71.7 cm³/mol. The molecule has 2 aromatic rings. The molecule has 4 nitrogen and oxygen atoms in total. The van der Waals surface area contributed by atoms with E-state index in [0.717, 1.165) is 12.1 Å². The average molecular weight is 295 g/mol. The van der Waals surface area contributed by atoms with E-state index in [9.17, 15) is 13.6 Å². The predicted octanol–water partition coefficient (Wildman–Crippen LogP) is 2.85. The number of furan rings is 1. The number of rotatable bonds is 6. The number of nitrogens with zero attached hydrogens (tertiary/aromatic N) is 1. The van der Waals surface area contributed by atoms with Gasteiger partial charge >= 0.3 is 0 Å². The first kappa shape index (κ1) is 15.2. The van der Waals surface area contributed by atoms with Crippen molar-refractivity contribution in [1.29, 1.82) is 0 Å². The molecule has 21 heavy (non-hydrogen) atoms. The molecule has 1 aromatic carbocycles. The maximum absolute atomic E-state index is 13.2. The van der Waals surface area contributed by atoms with Crippen LogP contribution < -0.4 is 0 Å². The monoisotopic (exact) mass is 295 g/mol. The first-order valence-corrected chi connectivity index (χ1v) is 6.37. The van der Waals surface area contributed by atoms with Crippen molar-refractivity contribution in [3.8, 4) is 0 Å². The quantitative estimate of drug-likeness (QED) is 0.823. The minimum Gasteiger partial charge on any atom is -0.467 e. The van der Waals surface area contributed by atoms with E-state index in [1.165, 1.54) is 24.3 Å². The van der Waals surface area contributed by atoms with Crippen molar-refractivity contribution >= 4 is 5.91 Å². The van der Waals surface area contributed by atoms with E-state index < -0.39 is 17.5 Å². The van der Waals surface area contributed by atoms with Gasteiger partial charge in [-0.25, -0.2) is 8.78 Å². The van der Waals surface area contributed by atoms with Crippen molar-refractivity contribution in [2.24, 2.45) is 0 Å². The van der Waals surface area contributed by atoms with Gasteiger partial charge in [0, 0.05) is 19.2 Å².